The Morgan fingerprint density at radius 3 is 2.52 bits per heavy atom. The molecule has 8 heteroatoms. The molecule has 0 aliphatic carbocycles. The molecule has 2 aromatic carbocycles. The number of hydrogen-bond acceptors (Lipinski definition) is 6. The SMILES string of the molecule is COc1ccc(CN(CC(F)C2OCC(N)CO2)c2ccc(C#N)cc2)cc1F. The maximum absolute atomic E-state index is 14.9. The third-order valence-electron chi connectivity index (χ3n) is 4.59. The molecule has 3 rings (SSSR count). The van der Waals surface area contributed by atoms with Crippen LogP contribution in [0.2, 0.25) is 0 Å². The Morgan fingerprint density at radius 2 is 1.93 bits per heavy atom. The number of benzene rings is 2. The zero-order valence-electron chi connectivity index (χ0n) is 16.1. The summed E-state index contributed by atoms with van der Waals surface area (Å²) in [5.41, 5.74) is 7.53. The fourth-order valence-electron chi connectivity index (χ4n) is 3.08. The molecule has 2 N–H and O–H groups in total. The maximum Gasteiger partial charge on any atom is 0.190 e. The van der Waals surface area contributed by atoms with Crippen molar-refractivity contribution in [2.45, 2.75) is 25.0 Å². The normalized spacial score (nSPS) is 20.0. The second kappa shape index (κ2) is 9.65. The van der Waals surface area contributed by atoms with E-state index in [9.17, 15) is 8.78 Å². The number of halogens is 2. The molecule has 0 bridgehead atoms. The fraction of sp³-hybridized carbons (Fsp3) is 0.381. The zero-order valence-corrected chi connectivity index (χ0v) is 16.1. The molecule has 0 amide bonds. The van der Waals surface area contributed by atoms with Crippen LogP contribution in [0.3, 0.4) is 0 Å². The Hall–Kier alpha value is -2.73. The van der Waals surface area contributed by atoms with Crippen molar-refractivity contribution in [1.29, 1.82) is 5.26 Å². The lowest BCUT2D eigenvalue weighted by molar-refractivity contribution is -0.211. The summed E-state index contributed by atoms with van der Waals surface area (Å²) in [6, 6.07) is 13.1. The van der Waals surface area contributed by atoms with E-state index in [4.69, 9.17) is 25.2 Å². The van der Waals surface area contributed by atoms with Gasteiger partial charge in [-0.05, 0) is 42.0 Å². The Kier molecular flexibility index (Phi) is 6.99. The second-order valence-electron chi connectivity index (χ2n) is 6.82. The van der Waals surface area contributed by atoms with Crippen LogP contribution >= 0.6 is 0 Å². The molecular weight excluding hydrogens is 380 g/mol. The highest BCUT2D eigenvalue weighted by atomic mass is 19.1. The van der Waals surface area contributed by atoms with Crippen LogP contribution in [0, 0.1) is 17.1 Å². The van der Waals surface area contributed by atoms with E-state index >= 15 is 0 Å². The predicted molar refractivity (Wildman–Crippen MR) is 104 cm³/mol. The van der Waals surface area contributed by atoms with E-state index in [1.54, 1.807) is 35.2 Å². The van der Waals surface area contributed by atoms with Gasteiger partial charge in [-0.15, -0.1) is 0 Å². The summed E-state index contributed by atoms with van der Waals surface area (Å²) >= 11 is 0. The van der Waals surface area contributed by atoms with Gasteiger partial charge < -0.3 is 24.8 Å². The number of alkyl halides is 1. The quantitative estimate of drug-likeness (QED) is 0.766. The van der Waals surface area contributed by atoms with Crippen molar-refractivity contribution in [2.75, 3.05) is 31.8 Å². The van der Waals surface area contributed by atoms with E-state index in [1.807, 2.05) is 0 Å². The van der Waals surface area contributed by atoms with Gasteiger partial charge in [0.05, 0.1) is 44.5 Å². The van der Waals surface area contributed by atoms with Gasteiger partial charge in [-0.25, -0.2) is 8.78 Å². The number of ether oxygens (including phenoxy) is 3. The van der Waals surface area contributed by atoms with Crippen LogP contribution in [0.15, 0.2) is 42.5 Å². The lowest BCUT2D eigenvalue weighted by Crippen LogP contribution is -2.47. The fourth-order valence-corrected chi connectivity index (χ4v) is 3.08. The number of nitriles is 1. The molecule has 0 saturated carbocycles. The largest absolute Gasteiger partial charge is 0.494 e. The Morgan fingerprint density at radius 1 is 1.24 bits per heavy atom. The van der Waals surface area contributed by atoms with Gasteiger partial charge in [0.1, 0.15) is 0 Å². The van der Waals surface area contributed by atoms with Crippen molar-refractivity contribution in [1.82, 2.24) is 0 Å². The summed E-state index contributed by atoms with van der Waals surface area (Å²) in [6.07, 6.45) is -2.45. The highest BCUT2D eigenvalue weighted by Crippen LogP contribution is 2.24. The van der Waals surface area contributed by atoms with Gasteiger partial charge in [-0.2, -0.15) is 5.26 Å². The first-order valence-corrected chi connectivity index (χ1v) is 9.20. The number of nitrogens with two attached hydrogens (primary N) is 1. The average molecular weight is 403 g/mol. The number of nitrogens with zero attached hydrogens (tertiary/aromatic N) is 2. The molecule has 1 aliphatic heterocycles. The van der Waals surface area contributed by atoms with Crippen LogP contribution in [0.1, 0.15) is 11.1 Å². The van der Waals surface area contributed by atoms with Gasteiger partial charge in [0.25, 0.3) is 0 Å². The van der Waals surface area contributed by atoms with Crippen LogP contribution in [0.5, 0.6) is 5.75 Å². The van der Waals surface area contributed by atoms with Gasteiger partial charge in [-0.1, -0.05) is 6.07 Å². The summed E-state index contributed by atoms with van der Waals surface area (Å²) < 4.78 is 44.7. The van der Waals surface area contributed by atoms with Crippen LogP contribution in [-0.4, -0.2) is 45.4 Å². The highest BCUT2D eigenvalue weighted by molar-refractivity contribution is 5.50. The van der Waals surface area contributed by atoms with Crippen molar-refractivity contribution in [3.63, 3.8) is 0 Å². The standard InChI is InChI=1S/C21H23F2N3O3/c1-27-20-7-4-15(8-18(20)22)10-26(17-5-2-14(9-24)3-6-17)11-19(23)21-28-12-16(25)13-29-21/h2-8,16,19,21H,10-13,25H2,1H3. The molecule has 29 heavy (non-hydrogen) atoms. The second-order valence-corrected chi connectivity index (χ2v) is 6.82. The molecule has 154 valence electrons. The molecule has 1 aliphatic rings. The first-order valence-electron chi connectivity index (χ1n) is 9.20. The first-order chi connectivity index (χ1) is 14.0. The highest BCUT2D eigenvalue weighted by Gasteiger charge is 2.30. The Balaban J connectivity index is 1.79. The van der Waals surface area contributed by atoms with E-state index in [-0.39, 0.29) is 38.1 Å². The van der Waals surface area contributed by atoms with Crippen molar-refractivity contribution in [3.8, 4) is 11.8 Å². The Labute approximate surface area is 168 Å². The minimum absolute atomic E-state index is 0.0422. The molecule has 6 nitrogen and oxygen atoms in total. The van der Waals surface area contributed by atoms with Crippen molar-refractivity contribution >= 4 is 5.69 Å². The molecule has 1 heterocycles. The number of hydrogen-bond donors (Lipinski definition) is 1. The molecular formula is C21H23F2N3O3. The smallest absolute Gasteiger partial charge is 0.190 e. The van der Waals surface area contributed by atoms with Gasteiger partial charge in [0.2, 0.25) is 0 Å². The minimum Gasteiger partial charge on any atom is -0.494 e. The van der Waals surface area contributed by atoms with Crippen molar-refractivity contribution < 1.29 is 23.0 Å². The predicted octanol–water partition coefficient (Wildman–Crippen LogP) is 2.75. The van der Waals surface area contributed by atoms with Gasteiger partial charge in [0, 0.05) is 12.2 Å². The van der Waals surface area contributed by atoms with Crippen LogP contribution in [0.25, 0.3) is 0 Å². The van der Waals surface area contributed by atoms with Crippen molar-refractivity contribution in [3.05, 3.63) is 59.4 Å². The summed E-state index contributed by atoms with van der Waals surface area (Å²) in [6.45, 7) is 0.663. The maximum atomic E-state index is 14.9. The van der Waals surface area contributed by atoms with E-state index in [2.05, 4.69) is 6.07 Å². The van der Waals surface area contributed by atoms with E-state index in [1.165, 1.54) is 19.2 Å². The monoisotopic (exact) mass is 403 g/mol. The molecule has 1 unspecified atom stereocenters. The number of rotatable bonds is 7. The number of anilines is 1. The molecule has 1 saturated heterocycles. The van der Waals surface area contributed by atoms with Gasteiger partial charge in [-0.3, -0.25) is 0 Å². The molecule has 0 radical (unpaired) electrons. The zero-order chi connectivity index (χ0) is 20.8. The van der Waals surface area contributed by atoms with E-state index in [0.29, 0.717) is 16.8 Å². The van der Waals surface area contributed by atoms with Crippen LogP contribution in [-0.2, 0) is 16.0 Å². The first kappa shape index (κ1) is 21.0. The van der Waals surface area contributed by atoms with Crippen LogP contribution < -0.4 is 15.4 Å². The van der Waals surface area contributed by atoms with E-state index in [0.717, 1.165) is 0 Å². The summed E-state index contributed by atoms with van der Waals surface area (Å²) in [5.74, 6) is -0.350. The molecule has 1 fully saturated rings. The number of methoxy groups -OCH3 is 1. The molecule has 0 aromatic heterocycles. The lowest BCUT2D eigenvalue weighted by Gasteiger charge is -2.33. The summed E-state index contributed by atoms with van der Waals surface area (Å²) in [5, 5.41) is 9.00. The summed E-state index contributed by atoms with van der Waals surface area (Å²) in [7, 11) is 1.39. The van der Waals surface area contributed by atoms with Gasteiger partial charge in [0.15, 0.2) is 24.0 Å². The third kappa shape index (κ3) is 5.41. The van der Waals surface area contributed by atoms with Crippen LogP contribution in [0.4, 0.5) is 14.5 Å². The third-order valence-corrected chi connectivity index (χ3v) is 4.59. The van der Waals surface area contributed by atoms with E-state index < -0.39 is 18.3 Å². The molecule has 2 aromatic rings. The molecule has 0 spiro atoms. The Bertz CT molecular complexity index is 849. The lowest BCUT2D eigenvalue weighted by atomic mass is 10.1. The minimum atomic E-state index is -1.44. The topological polar surface area (TPSA) is 80.7 Å². The van der Waals surface area contributed by atoms with Gasteiger partial charge >= 0.3 is 0 Å². The van der Waals surface area contributed by atoms with Crippen molar-refractivity contribution in [2.24, 2.45) is 5.73 Å². The molecule has 1 atom stereocenters. The average Bonchev–Trinajstić information content (AvgIpc) is 2.74. The summed E-state index contributed by atoms with van der Waals surface area (Å²) in [4.78, 5) is 1.74.